The topological polar surface area (TPSA) is 51.2 Å². The molecule has 1 heterocycles. The van der Waals surface area contributed by atoms with Crippen molar-refractivity contribution in [2.24, 2.45) is 0 Å². The van der Waals surface area contributed by atoms with Gasteiger partial charge in [0.1, 0.15) is 10.8 Å². The van der Waals surface area contributed by atoms with Gasteiger partial charge in [-0.05, 0) is 42.5 Å². The van der Waals surface area contributed by atoms with E-state index in [1.165, 1.54) is 0 Å². The molecular formula is C21H15ClN2O2S. The first kappa shape index (κ1) is 17.5. The van der Waals surface area contributed by atoms with Crippen molar-refractivity contribution in [2.75, 3.05) is 12.4 Å². The van der Waals surface area contributed by atoms with Crippen molar-refractivity contribution in [1.29, 1.82) is 0 Å². The number of para-hydroxylation sites is 1. The number of methoxy groups -OCH3 is 1. The van der Waals surface area contributed by atoms with Gasteiger partial charge in [-0.2, -0.15) is 0 Å². The number of rotatable bonds is 4. The summed E-state index contributed by atoms with van der Waals surface area (Å²) in [6.07, 6.45) is 0. The summed E-state index contributed by atoms with van der Waals surface area (Å²) < 4.78 is 6.51. The number of nitrogens with zero attached hydrogens (tertiary/aromatic N) is 1. The number of carbonyl (C=O) groups is 1. The molecule has 0 bridgehead atoms. The molecule has 0 saturated carbocycles. The van der Waals surface area contributed by atoms with Gasteiger partial charge >= 0.3 is 0 Å². The Hall–Kier alpha value is -2.89. The van der Waals surface area contributed by atoms with Gasteiger partial charge < -0.3 is 10.1 Å². The van der Waals surface area contributed by atoms with Crippen LogP contribution < -0.4 is 10.1 Å². The maximum absolute atomic E-state index is 12.6. The highest BCUT2D eigenvalue weighted by molar-refractivity contribution is 7.21. The summed E-state index contributed by atoms with van der Waals surface area (Å²) in [6, 6.07) is 20.5. The van der Waals surface area contributed by atoms with E-state index in [1.807, 2.05) is 42.5 Å². The van der Waals surface area contributed by atoms with Crippen LogP contribution in [-0.4, -0.2) is 18.0 Å². The van der Waals surface area contributed by atoms with Gasteiger partial charge in [0.25, 0.3) is 5.91 Å². The quantitative estimate of drug-likeness (QED) is 0.470. The Balaban J connectivity index is 1.70. The van der Waals surface area contributed by atoms with Crippen LogP contribution in [0.3, 0.4) is 0 Å². The average Bonchev–Trinajstić information content (AvgIpc) is 3.12. The first-order valence-electron chi connectivity index (χ1n) is 8.25. The molecule has 0 spiro atoms. The Labute approximate surface area is 165 Å². The molecule has 1 amide bonds. The van der Waals surface area contributed by atoms with Crippen LogP contribution in [0.5, 0.6) is 5.75 Å². The Morgan fingerprint density at radius 2 is 1.85 bits per heavy atom. The molecule has 1 aromatic heterocycles. The largest absolute Gasteiger partial charge is 0.495 e. The van der Waals surface area contributed by atoms with Crippen molar-refractivity contribution in [3.63, 3.8) is 0 Å². The lowest BCUT2D eigenvalue weighted by atomic mass is 10.1. The van der Waals surface area contributed by atoms with Gasteiger partial charge in [-0.15, -0.1) is 11.3 Å². The van der Waals surface area contributed by atoms with Gasteiger partial charge in [0, 0.05) is 5.56 Å². The SMILES string of the molecule is COc1ccc(-c2nc3ccccc3s2)cc1NC(=O)c1ccccc1Cl. The maximum Gasteiger partial charge on any atom is 0.257 e. The second kappa shape index (κ2) is 7.39. The molecule has 0 unspecified atom stereocenters. The lowest BCUT2D eigenvalue weighted by Crippen LogP contribution is -2.13. The Bertz CT molecular complexity index is 1110. The molecule has 4 rings (SSSR count). The van der Waals surface area contributed by atoms with Crippen LogP contribution in [-0.2, 0) is 0 Å². The lowest BCUT2D eigenvalue weighted by molar-refractivity contribution is 0.102. The molecule has 134 valence electrons. The van der Waals surface area contributed by atoms with E-state index in [1.54, 1.807) is 42.7 Å². The molecule has 0 aliphatic rings. The number of aromatic nitrogens is 1. The molecular weight excluding hydrogens is 380 g/mol. The third-order valence-corrected chi connectivity index (χ3v) is 5.52. The predicted octanol–water partition coefficient (Wildman–Crippen LogP) is 5.88. The van der Waals surface area contributed by atoms with E-state index in [-0.39, 0.29) is 5.91 Å². The van der Waals surface area contributed by atoms with E-state index in [9.17, 15) is 4.79 Å². The van der Waals surface area contributed by atoms with Crippen molar-refractivity contribution < 1.29 is 9.53 Å². The number of halogens is 1. The van der Waals surface area contributed by atoms with Crippen LogP contribution in [0.15, 0.2) is 66.7 Å². The number of hydrogen-bond donors (Lipinski definition) is 1. The Kier molecular flexibility index (Phi) is 4.79. The fraction of sp³-hybridized carbons (Fsp3) is 0.0476. The first-order chi connectivity index (χ1) is 13.2. The summed E-state index contributed by atoms with van der Waals surface area (Å²) in [4.78, 5) is 17.3. The number of anilines is 1. The first-order valence-corrected chi connectivity index (χ1v) is 9.45. The van der Waals surface area contributed by atoms with Crippen molar-refractivity contribution >= 4 is 44.7 Å². The number of nitrogens with one attached hydrogen (secondary N) is 1. The number of benzene rings is 3. The molecule has 4 aromatic rings. The highest BCUT2D eigenvalue weighted by Gasteiger charge is 2.15. The molecule has 6 heteroatoms. The predicted molar refractivity (Wildman–Crippen MR) is 111 cm³/mol. The van der Waals surface area contributed by atoms with Gasteiger partial charge in [-0.1, -0.05) is 35.9 Å². The maximum atomic E-state index is 12.6. The molecule has 0 atom stereocenters. The standard InChI is InChI=1S/C21H15ClN2O2S/c1-26-18-11-10-13(21-24-16-8-4-5-9-19(16)27-21)12-17(18)23-20(25)14-6-2-3-7-15(14)22/h2-12H,1H3,(H,23,25). The Morgan fingerprint density at radius 1 is 1.07 bits per heavy atom. The highest BCUT2D eigenvalue weighted by atomic mass is 35.5. The molecule has 1 N–H and O–H groups in total. The number of fused-ring (bicyclic) bond motifs is 1. The minimum Gasteiger partial charge on any atom is -0.495 e. The van der Waals surface area contributed by atoms with E-state index in [4.69, 9.17) is 16.3 Å². The van der Waals surface area contributed by atoms with E-state index in [0.717, 1.165) is 20.8 Å². The molecule has 3 aromatic carbocycles. The fourth-order valence-corrected chi connectivity index (χ4v) is 3.95. The summed E-state index contributed by atoms with van der Waals surface area (Å²) >= 11 is 7.74. The molecule has 27 heavy (non-hydrogen) atoms. The van der Waals surface area contributed by atoms with E-state index >= 15 is 0 Å². The fourth-order valence-electron chi connectivity index (χ4n) is 2.77. The second-order valence-corrected chi connectivity index (χ2v) is 7.27. The van der Waals surface area contributed by atoms with Crippen molar-refractivity contribution in [3.8, 4) is 16.3 Å². The van der Waals surface area contributed by atoms with E-state index in [2.05, 4.69) is 10.3 Å². The normalized spacial score (nSPS) is 10.7. The smallest absolute Gasteiger partial charge is 0.257 e. The van der Waals surface area contributed by atoms with Crippen LogP contribution in [0.2, 0.25) is 5.02 Å². The van der Waals surface area contributed by atoms with Crippen LogP contribution in [0.25, 0.3) is 20.8 Å². The van der Waals surface area contributed by atoms with E-state index in [0.29, 0.717) is 22.0 Å². The number of thiazole rings is 1. The van der Waals surface area contributed by atoms with Crippen LogP contribution in [0, 0.1) is 0 Å². The number of hydrogen-bond acceptors (Lipinski definition) is 4. The molecule has 0 radical (unpaired) electrons. The second-order valence-electron chi connectivity index (χ2n) is 5.84. The van der Waals surface area contributed by atoms with Crippen molar-refractivity contribution in [1.82, 2.24) is 4.98 Å². The molecule has 0 aliphatic carbocycles. The zero-order valence-electron chi connectivity index (χ0n) is 14.4. The zero-order chi connectivity index (χ0) is 18.8. The zero-order valence-corrected chi connectivity index (χ0v) is 16.0. The van der Waals surface area contributed by atoms with Gasteiger partial charge in [0.2, 0.25) is 0 Å². The molecule has 4 nitrogen and oxygen atoms in total. The summed E-state index contributed by atoms with van der Waals surface area (Å²) in [5.41, 5.74) is 2.84. The number of carbonyl (C=O) groups excluding carboxylic acids is 1. The molecule has 0 fully saturated rings. The third kappa shape index (κ3) is 3.52. The van der Waals surface area contributed by atoms with Gasteiger partial charge in [-0.3, -0.25) is 4.79 Å². The minimum atomic E-state index is -0.291. The van der Waals surface area contributed by atoms with Crippen molar-refractivity contribution in [3.05, 3.63) is 77.3 Å². The van der Waals surface area contributed by atoms with E-state index < -0.39 is 0 Å². The number of ether oxygens (including phenoxy) is 1. The van der Waals surface area contributed by atoms with Crippen molar-refractivity contribution in [2.45, 2.75) is 0 Å². The van der Waals surface area contributed by atoms with Crippen LogP contribution >= 0.6 is 22.9 Å². The van der Waals surface area contributed by atoms with Crippen LogP contribution in [0.4, 0.5) is 5.69 Å². The minimum absolute atomic E-state index is 0.291. The number of amides is 1. The van der Waals surface area contributed by atoms with Gasteiger partial charge in [0.05, 0.1) is 33.6 Å². The summed E-state index contributed by atoms with van der Waals surface area (Å²) in [7, 11) is 1.57. The van der Waals surface area contributed by atoms with Gasteiger partial charge in [-0.25, -0.2) is 4.98 Å². The highest BCUT2D eigenvalue weighted by Crippen LogP contribution is 2.35. The average molecular weight is 395 g/mol. The summed E-state index contributed by atoms with van der Waals surface area (Å²) in [5, 5.41) is 4.17. The summed E-state index contributed by atoms with van der Waals surface area (Å²) in [5.74, 6) is 0.278. The van der Waals surface area contributed by atoms with Gasteiger partial charge in [0.15, 0.2) is 0 Å². The lowest BCUT2D eigenvalue weighted by Gasteiger charge is -2.12. The molecule has 0 aliphatic heterocycles. The Morgan fingerprint density at radius 3 is 2.63 bits per heavy atom. The van der Waals surface area contributed by atoms with Crippen LogP contribution in [0.1, 0.15) is 10.4 Å². The molecule has 0 saturated heterocycles. The monoisotopic (exact) mass is 394 g/mol. The summed E-state index contributed by atoms with van der Waals surface area (Å²) in [6.45, 7) is 0. The third-order valence-electron chi connectivity index (χ3n) is 4.11.